The fourth-order valence-electron chi connectivity index (χ4n) is 2.12. The van der Waals surface area contributed by atoms with Gasteiger partial charge in [-0.3, -0.25) is 0 Å². The normalized spacial score (nSPS) is 15.8. The van der Waals surface area contributed by atoms with Crippen LogP contribution in [0.15, 0.2) is 30.5 Å². The maximum Gasteiger partial charge on any atom is 0.573 e. The lowest BCUT2D eigenvalue weighted by atomic mass is 10.0. The molecule has 2 aromatic rings. The molecule has 0 bridgehead atoms. The highest BCUT2D eigenvalue weighted by molar-refractivity contribution is 5.59. The van der Waals surface area contributed by atoms with Crippen LogP contribution >= 0.6 is 0 Å². The van der Waals surface area contributed by atoms with E-state index in [2.05, 4.69) is 14.7 Å². The van der Waals surface area contributed by atoms with Crippen LogP contribution in [0.5, 0.6) is 5.75 Å². The topological polar surface area (TPSA) is 47.1 Å². The zero-order valence-corrected chi connectivity index (χ0v) is 11.0. The smallest absolute Gasteiger partial charge is 0.406 e. The molecule has 0 unspecified atom stereocenters. The van der Waals surface area contributed by atoms with Crippen molar-refractivity contribution in [2.24, 2.45) is 5.92 Å². The molecule has 0 saturated carbocycles. The lowest BCUT2D eigenvalue weighted by molar-refractivity contribution is -0.274. The van der Waals surface area contributed by atoms with E-state index in [1.807, 2.05) is 0 Å². The fraction of sp³-hybridized carbons (Fsp3) is 0.357. The number of alkyl halides is 3. The molecule has 1 aromatic carbocycles. The first-order chi connectivity index (χ1) is 9.99. The molecule has 4 nitrogen and oxygen atoms in total. The summed E-state index contributed by atoms with van der Waals surface area (Å²) in [4.78, 5) is 7.44. The van der Waals surface area contributed by atoms with Gasteiger partial charge in [0, 0.05) is 12.3 Å². The van der Waals surface area contributed by atoms with Crippen LogP contribution in [0.4, 0.5) is 13.2 Å². The number of aromatic amines is 1. The molecule has 1 aromatic heterocycles. The maximum atomic E-state index is 12.1. The molecule has 1 N–H and O–H groups in total. The zero-order chi connectivity index (χ0) is 14.9. The van der Waals surface area contributed by atoms with Crippen molar-refractivity contribution in [3.05, 3.63) is 36.3 Å². The molecule has 0 aliphatic carbocycles. The van der Waals surface area contributed by atoms with Crippen molar-refractivity contribution in [3.8, 4) is 17.0 Å². The number of ether oxygens (including phenoxy) is 2. The molecule has 0 amide bonds. The first-order valence-electron chi connectivity index (χ1n) is 6.47. The summed E-state index contributed by atoms with van der Waals surface area (Å²) in [6.45, 7) is 1.50. The molecule has 2 heterocycles. The van der Waals surface area contributed by atoms with Crippen molar-refractivity contribution >= 4 is 0 Å². The Kier molecular flexibility index (Phi) is 3.59. The molecule has 21 heavy (non-hydrogen) atoms. The summed E-state index contributed by atoms with van der Waals surface area (Å²) in [5, 5.41) is 0. The highest BCUT2D eigenvalue weighted by Crippen LogP contribution is 2.26. The molecule has 1 aliphatic heterocycles. The average molecular weight is 298 g/mol. The largest absolute Gasteiger partial charge is 0.573 e. The highest BCUT2D eigenvalue weighted by atomic mass is 19.4. The maximum absolute atomic E-state index is 12.1. The minimum atomic E-state index is -4.67. The van der Waals surface area contributed by atoms with Gasteiger partial charge in [-0.25, -0.2) is 4.98 Å². The van der Waals surface area contributed by atoms with E-state index in [1.165, 1.54) is 12.1 Å². The third-order valence-electron chi connectivity index (χ3n) is 3.22. The van der Waals surface area contributed by atoms with Crippen LogP contribution in [0.2, 0.25) is 0 Å². The third kappa shape index (κ3) is 3.55. The Morgan fingerprint density at radius 3 is 2.52 bits per heavy atom. The average Bonchev–Trinajstić information content (AvgIpc) is 2.81. The second-order valence-electron chi connectivity index (χ2n) is 4.92. The molecular weight excluding hydrogens is 285 g/mol. The summed E-state index contributed by atoms with van der Waals surface area (Å²) >= 11 is 0. The van der Waals surface area contributed by atoms with Gasteiger partial charge in [-0.1, -0.05) is 0 Å². The van der Waals surface area contributed by atoms with Crippen molar-refractivity contribution in [1.82, 2.24) is 9.97 Å². The molecular formula is C14H13F3N2O2. The van der Waals surface area contributed by atoms with Gasteiger partial charge in [-0.15, -0.1) is 13.2 Å². The molecule has 0 atom stereocenters. The fourth-order valence-corrected chi connectivity index (χ4v) is 2.12. The SMILES string of the molecule is FC(F)(F)Oc1ccc(-c2cnc(CC3COC3)[nH]2)cc1. The van der Waals surface area contributed by atoms with Crippen molar-refractivity contribution in [3.63, 3.8) is 0 Å². The van der Waals surface area contributed by atoms with E-state index < -0.39 is 6.36 Å². The predicted molar refractivity (Wildman–Crippen MR) is 68.7 cm³/mol. The van der Waals surface area contributed by atoms with Crippen molar-refractivity contribution in [2.75, 3.05) is 13.2 Å². The van der Waals surface area contributed by atoms with E-state index in [0.29, 0.717) is 5.92 Å². The van der Waals surface area contributed by atoms with Gasteiger partial charge < -0.3 is 14.5 Å². The van der Waals surface area contributed by atoms with Gasteiger partial charge in [-0.2, -0.15) is 0 Å². The number of nitrogens with zero attached hydrogens (tertiary/aromatic N) is 1. The zero-order valence-electron chi connectivity index (χ0n) is 11.0. The summed E-state index contributed by atoms with van der Waals surface area (Å²) < 4.78 is 45.2. The van der Waals surface area contributed by atoms with E-state index in [9.17, 15) is 13.2 Å². The highest BCUT2D eigenvalue weighted by Gasteiger charge is 2.31. The lowest BCUT2D eigenvalue weighted by Gasteiger charge is -2.24. The Balaban J connectivity index is 1.68. The van der Waals surface area contributed by atoms with Crippen LogP contribution in [0.1, 0.15) is 5.82 Å². The van der Waals surface area contributed by atoms with E-state index in [1.54, 1.807) is 18.3 Å². The quantitative estimate of drug-likeness (QED) is 0.943. The Bertz CT molecular complexity index is 603. The molecule has 1 saturated heterocycles. The molecule has 3 rings (SSSR count). The molecule has 1 aliphatic rings. The Morgan fingerprint density at radius 1 is 1.24 bits per heavy atom. The second kappa shape index (κ2) is 5.40. The first-order valence-corrected chi connectivity index (χ1v) is 6.47. The summed E-state index contributed by atoms with van der Waals surface area (Å²) in [5.74, 6) is 1.11. The minimum Gasteiger partial charge on any atom is -0.406 e. The van der Waals surface area contributed by atoms with Gasteiger partial charge in [0.25, 0.3) is 0 Å². The van der Waals surface area contributed by atoms with Crippen molar-refractivity contribution in [2.45, 2.75) is 12.8 Å². The molecule has 112 valence electrons. The Labute approximate surface area is 118 Å². The molecule has 0 spiro atoms. The molecule has 0 radical (unpaired) electrons. The minimum absolute atomic E-state index is 0.238. The third-order valence-corrected chi connectivity index (χ3v) is 3.22. The molecule has 7 heteroatoms. The summed E-state index contributed by atoms with van der Waals surface area (Å²) in [6.07, 6.45) is -2.18. The van der Waals surface area contributed by atoms with E-state index in [0.717, 1.165) is 36.7 Å². The van der Waals surface area contributed by atoms with Gasteiger partial charge in [0.15, 0.2) is 0 Å². The Morgan fingerprint density at radius 2 is 1.95 bits per heavy atom. The number of hydrogen-bond acceptors (Lipinski definition) is 3. The number of rotatable bonds is 4. The standard InChI is InChI=1S/C14H13F3N2O2/c15-14(16,17)21-11-3-1-10(2-4-11)12-6-18-13(19-12)5-9-7-20-8-9/h1-4,6,9H,5,7-8H2,(H,18,19). The van der Waals surface area contributed by atoms with Gasteiger partial charge in [0.2, 0.25) is 0 Å². The van der Waals surface area contributed by atoms with Gasteiger partial charge >= 0.3 is 6.36 Å². The lowest BCUT2D eigenvalue weighted by Crippen LogP contribution is -2.29. The van der Waals surface area contributed by atoms with Crippen LogP contribution in [0.3, 0.4) is 0 Å². The Hall–Kier alpha value is -2.02. The summed E-state index contributed by atoms with van der Waals surface area (Å²) in [5.41, 5.74) is 1.52. The number of nitrogens with one attached hydrogen (secondary N) is 1. The monoisotopic (exact) mass is 298 g/mol. The summed E-state index contributed by atoms with van der Waals surface area (Å²) in [7, 11) is 0. The van der Waals surface area contributed by atoms with Gasteiger partial charge in [0.1, 0.15) is 11.6 Å². The second-order valence-corrected chi connectivity index (χ2v) is 4.92. The van der Waals surface area contributed by atoms with E-state index >= 15 is 0 Å². The number of imidazole rings is 1. The number of benzene rings is 1. The van der Waals surface area contributed by atoms with Crippen LogP contribution < -0.4 is 4.74 Å². The van der Waals surface area contributed by atoms with Crippen LogP contribution in [-0.4, -0.2) is 29.5 Å². The number of halogens is 3. The van der Waals surface area contributed by atoms with Crippen molar-refractivity contribution < 1.29 is 22.6 Å². The van der Waals surface area contributed by atoms with Gasteiger partial charge in [-0.05, 0) is 29.8 Å². The van der Waals surface area contributed by atoms with Gasteiger partial charge in [0.05, 0.1) is 25.1 Å². The van der Waals surface area contributed by atoms with E-state index in [4.69, 9.17) is 4.74 Å². The number of hydrogen-bond donors (Lipinski definition) is 1. The predicted octanol–water partition coefficient (Wildman–Crippen LogP) is 3.16. The number of H-pyrrole nitrogens is 1. The number of aromatic nitrogens is 2. The van der Waals surface area contributed by atoms with Crippen LogP contribution in [-0.2, 0) is 11.2 Å². The van der Waals surface area contributed by atoms with Crippen LogP contribution in [0.25, 0.3) is 11.3 Å². The first kappa shape index (κ1) is 13.9. The molecule has 1 fully saturated rings. The summed E-state index contributed by atoms with van der Waals surface area (Å²) in [6, 6.07) is 5.68. The van der Waals surface area contributed by atoms with Crippen molar-refractivity contribution in [1.29, 1.82) is 0 Å². The van der Waals surface area contributed by atoms with Crippen LogP contribution in [0, 0.1) is 5.92 Å². The van der Waals surface area contributed by atoms with E-state index in [-0.39, 0.29) is 5.75 Å².